The van der Waals surface area contributed by atoms with E-state index in [4.69, 9.17) is 4.74 Å². The largest absolute Gasteiger partial charge is 0.454 e. The molecule has 0 fully saturated rings. The van der Waals surface area contributed by atoms with Crippen molar-refractivity contribution in [2.45, 2.75) is 0 Å². The summed E-state index contributed by atoms with van der Waals surface area (Å²) in [6.07, 6.45) is 2.95. The smallest absolute Gasteiger partial charge is 0.331 e. The lowest BCUT2D eigenvalue weighted by Gasteiger charge is -2.01. The molecule has 2 rings (SSSR count). The average Bonchev–Trinajstić information content (AvgIpc) is 2.53. The number of hydrogen-bond donors (Lipinski definition) is 0. The molecule has 0 amide bonds. The van der Waals surface area contributed by atoms with E-state index >= 15 is 0 Å². The second-order valence-corrected chi connectivity index (χ2v) is 5.20. The summed E-state index contributed by atoms with van der Waals surface area (Å²) in [6.45, 7) is -0.256. The predicted octanol–water partition coefficient (Wildman–Crippen LogP) is 3.89. The monoisotopic (exact) mass is 344 g/mol. The molecule has 0 saturated heterocycles. The number of ketones is 1. The first kappa shape index (κ1) is 15.2. The fourth-order valence-electron chi connectivity index (χ4n) is 1.63. The minimum absolute atomic E-state index is 0.221. The van der Waals surface area contributed by atoms with Crippen LogP contribution in [0.4, 0.5) is 0 Å². The Labute approximate surface area is 131 Å². The van der Waals surface area contributed by atoms with Crippen LogP contribution < -0.4 is 0 Å². The summed E-state index contributed by atoms with van der Waals surface area (Å²) in [6, 6.07) is 16.2. The number of Topliss-reactive ketones (excluding diaryl/α,β-unsaturated/α-hetero) is 1. The molecule has 0 N–H and O–H groups in total. The molecule has 0 radical (unpaired) electrons. The molecule has 0 aromatic heterocycles. The summed E-state index contributed by atoms with van der Waals surface area (Å²) in [5.41, 5.74) is 1.41. The van der Waals surface area contributed by atoms with E-state index in [9.17, 15) is 9.59 Å². The summed E-state index contributed by atoms with van der Waals surface area (Å²) in [7, 11) is 0. The van der Waals surface area contributed by atoms with Gasteiger partial charge in [0.15, 0.2) is 12.4 Å². The third kappa shape index (κ3) is 5.00. The van der Waals surface area contributed by atoms with Crippen LogP contribution >= 0.6 is 15.9 Å². The molecule has 2 aromatic rings. The molecule has 4 heteroatoms. The standard InChI is InChI=1S/C17H13BrO3/c18-15-9-6-13(7-10-15)8-11-17(20)21-12-16(19)14-4-2-1-3-5-14/h1-11H,12H2/b11-8+. The molecule has 0 heterocycles. The minimum Gasteiger partial charge on any atom is -0.454 e. The third-order valence-electron chi connectivity index (χ3n) is 2.72. The Kier molecular flexibility index (Phi) is 5.46. The Morgan fingerprint density at radius 1 is 1.00 bits per heavy atom. The lowest BCUT2D eigenvalue weighted by Crippen LogP contribution is -2.12. The van der Waals surface area contributed by atoms with Gasteiger partial charge in [0.05, 0.1) is 0 Å². The van der Waals surface area contributed by atoms with Gasteiger partial charge in [-0.2, -0.15) is 0 Å². The maximum atomic E-state index is 11.8. The van der Waals surface area contributed by atoms with Crippen LogP contribution in [0.15, 0.2) is 65.1 Å². The summed E-state index contributed by atoms with van der Waals surface area (Å²) in [5, 5.41) is 0. The van der Waals surface area contributed by atoms with E-state index in [0.29, 0.717) is 5.56 Å². The van der Waals surface area contributed by atoms with E-state index in [1.165, 1.54) is 6.08 Å². The maximum absolute atomic E-state index is 11.8. The van der Waals surface area contributed by atoms with Crippen LogP contribution in [0.3, 0.4) is 0 Å². The number of rotatable bonds is 5. The number of carbonyl (C=O) groups is 2. The van der Waals surface area contributed by atoms with E-state index in [1.54, 1.807) is 30.3 Å². The van der Waals surface area contributed by atoms with Crippen LogP contribution in [-0.2, 0) is 9.53 Å². The van der Waals surface area contributed by atoms with E-state index < -0.39 is 5.97 Å². The van der Waals surface area contributed by atoms with Crippen molar-refractivity contribution in [3.63, 3.8) is 0 Å². The highest BCUT2D eigenvalue weighted by Crippen LogP contribution is 2.11. The molecule has 0 aliphatic heterocycles. The molecule has 3 nitrogen and oxygen atoms in total. The summed E-state index contributed by atoms with van der Waals surface area (Å²) in [5.74, 6) is -0.761. The fraction of sp³-hybridized carbons (Fsp3) is 0.0588. The Balaban J connectivity index is 1.85. The van der Waals surface area contributed by atoms with Crippen molar-refractivity contribution in [3.05, 3.63) is 76.3 Å². The SMILES string of the molecule is O=C(/C=C/c1ccc(Br)cc1)OCC(=O)c1ccccc1. The number of benzene rings is 2. The Hall–Kier alpha value is -2.20. The van der Waals surface area contributed by atoms with E-state index in [1.807, 2.05) is 30.3 Å². The van der Waals surface area contributed by atoms with Gasteiger partial charge in [0.1, 0.15) is 0 Å². The van der Waals surface area contributed by atoms with Gasteiger partial charge in [-0.05, 0) is 23.8 Å². The van der Waals surface area contributed by atoms with E-state index in [2.05, 4.69) is 15.9 Å². The second kappa shape index (κ2) is 7.55. The normalized spacial score (nSPS) is 10.5. The first-order valence-corrected chi connectivity index (χ1v) is 7.13. The summed E-state index contributed by atoms with van der Waals surface area (Å²) >= 11 is 3.34. The van der Waals surface area contributed by atoms with Crippen LogP contribution in [0.2, 0.25) is 0 Å². The zero-order valence-electron chi connectivity index (χ0n) is 11.2. The minimum atomic E-state index is -0.540. The van der Waals surface area contributed by atoms with Crippen LogP contribution in [0.1, 0.15) is 15.9 Å². The lowest BCUT2D eigenvalue weighted by atomic mass is 10.1. The second-order valence-electron chi connectivity index (χ2n) is 4.28. The predicted molar refractivity (Wildman–Crippen MR) is 84.9 cm³/mol. The molecule has 0 unspecified atom stereocenters. The molecular weight excluding hydrogens is 332 g/mol. The number of esters is 1. The zero-order chi connectivity index (χ0) is 15.1. The number of hydrogen-bond acceptors (Lipinski definition) is 3. The van der Waals surface area contributed by atoms with Gasteiger partial charge in [0.25, 0.3) is 0 Å². The van der Waals surface area contributed by atoms with Gasteiger partial charge in [-0.3, -0.25) is 4.79 Å². The van der Waals surface area contributed by atoms with Gasteiger partial charge in [-0.25, -0.2) is 4.79 Å². The molecule has 21 heavy (non-hydrogen) atoms. The van der Waals surface area contributed by atoms with Crippen LogP contribution in [0.25, 0.3) is 6.08 Å². The van der Waals surface area contributed by atoms with Crippen LogP contribution in [-0.4, -0.2) is 18.4 Å². The zero-order valence-corrected chi connectivity index (χ0v) is 12.7. The van der Waals surface area contributed by atoms with Gasteiger partial charge < -0.3 is 4.74 Å². The summed E-state index contributed by atoms with van der Waals surface area (Å²) < 4.78 is 5.89. The number of carbonyl (C=O) groups excluding carboxylic acids is 2. The van der Waals surface area contributed by atoms with Crippen molar-refractivity contribution >= 4 is 33.8 Å². The number of halogens is 1. The van der Waals surface area contributed by atoms with Crippen LogP contribution in [0, 0.1) is 0 Å². The van der Waals surface area contributed by atoms with Crippen molar-refractivity contribution < 1.29 is 14.3 Å². The molecule has 0 aliphatic rings. The molecule has 0 saturated carbocycles. The van der Waals surface area contributed by atoms with Crippen molar-refractivity contribution in [2.24, 2.45) is 0 Å². The molecular formula is C17H13BrO3. The molecule has 0 aliphatic carbocycles. The molecule has 2 aromatic carbocycles. The molecule has 106 valence electrons. The van der Waals surface area contributed by atoms with Crippen LogP contribution in [0.5, 0.6) is 0 Å². The third-order valence-corrected chi connectivity index (χ3v) is 3.25. The highest BCUT2D eigenvalue weighted by molar-refractivity contribution is 9.10. The van der Waals surface area contributed by atoms with Crippen molar-refractivity contribution in [1.29, 1.82) is 0 Å². The molecule has 0 bridgehead atoms. The first-order valence-electron chi connectivity index (χ1n) is 6.34. The Bertz CT molecular complexity index is 645. The van der Waals surface area contributed by atoms with Gasteiger partial charge in [0, 0.05) is 16.1 Å². The number of ether oxygens (including phenoxy) is 1. The van der Waals surface area contributed by atoms with Gasteiger partial charge in [0.2, 0.25) is 0 Å². The topological polar surface area (TPSA) is 43.4 Å². The van der Waals surface area contributed by atoms with Gasteiger partial charge in [-0.15, -0.1) is 0 Å². The van der Waals surface area contributed by atoms with Gasteiger partial charge in [-0.1, -0.05) is 58.4 Å². The molecule has 0 spiro atoms. The molecule has 0 atom stereocenters. The van der Waals surface area contributed by atoms with Crippen molar-refractivity contribution in [3.8, 4) is 0 Å². The Morgan fingerprint density at radius 2 is 1.67 bits per heavy atom. The quantitative estimate of drug-likeness (QED) is 0.469. The fourth-order valence-corrected chi connectivity index (χ4v) is 1.89. The van der Waals surface area contributed by atoms with E-state index in [-0.39, 0.29) is 12.4 Å². The van der Waals surface area contributed by atoms with Crippen molar-refractivity contribution in [1.82, 2.24) is 0 Å². The highest BCUT2D eigenvalue weighted by Gasteiger charge is 2.07. The van der Waals surface area contributed by atoms with Gasteiger partial charge >= 0.3 is 5.97 Å². The van der Waals surface area contributed by atoms with Crippen molar-refractivity contribution in [2.75, 3.05) is 6.61 Å². The maximum Gasteiger partial charge on any atom is 0.331 e. The first-order chi connectivity index (χ1) is 10.1. The Morgan fingerprint density at radius 3 is 2.33 bits per heavy atom. The highest BCUT2D eigenvalue weighted by atomic mass is 79.9. The van der Waals surface area contributed by atoms with E-state index in [0.717, 1.165) is 10.0 Å². The average molecular weight is 345 g/mol. The summed E-state index contributed by atoms with van der Waals surface area (Å²) in [4.78, 5) is 23.3. The lowest BCUT2D eigenvalue weighted by molar-refractivity contribution is -0.136.